The van der Waals surface area contributed by atoms with Gasteiger partial charge in [0.25, 0.3) is 0 Å². The average molecular weight is 302 g/mol. The molecule has 0 radical (unpaired) electrons. The fourth-order valence-corrected chi connectivity index (χ4v) is 2.11. The first kappa shape index (κ1) is 19.7. The summed E-state index contributed by atoms with van der Waals surface area (Å²) in [6, 6.07) is -0.503. The maximum Gasteiger partial charge on any atom is 0.410 e. The van der Waals surface area contributed by atoms with E-state index in [9.17, 15) is 14.7 Å². The third kappa shape index (κ3) is 7.90. The van der Waals surface area contributed by atoms with E-state index in [0.717, 1.165) is 0 Å². The van der Waals surface area contributed by atoms with Gasteiger partial charge >= 0.3 is 12.1 Å². The molecule has 0 heterocycles. The summed E-state index contributed by atoms with van der Waals surface area (Å²) in [7, 11) is 3.48. The van der Waals surface area contributed by atoms with Gasteiger partial charge in [0.15, 0.2) is 0 Å². The number of aliphatic carboxylic acids is 1. The molecular formula is C15H30N2O4. The van der Waals surface area contributed by atoms with Gasteiger partial charge in [0, 0.05) is 20.1 Å². The minimum Gasteiger partial charge on any atom is -0.480 e. The van der Waals surface area contributed by atoms with Crippen LogP contribution in [0.25, 0.3) is 0 Å². The summed E-state index contributed by atoms with van der Waals surface area (Å²) >= 11 is 0. The van der Waals surface area contributed by atoms with Crippen LogP contribution in [0.2, 0.25) is 0 Å². The van der Waals surface area contributed by atoms with Crippen molar-refractivity contribution in [1.29, 1.82) is 0 Å². The van der Waals surface area contributed by atoms with Crippen LogP contribution >= 0.6 is 0 Å². The van der Waals surface area contributed by atoms with Crippen LogP contribution in [0.3, 0.4) is 0 Å². The zero-order valence-corrected chi connectivity index (χ0v) is 14.3. The molecule has 1 amide bonds. The lowest BCUT2D eigenvalue weighted by molar-refractivity contribution is -0.144. The molecule has 1 atom stereocenters. The maximum absolute atomic E-state index is 11.8. The molecule has 6 nitrogen and oxygen atoms in total. The van der Waals surface area contributed by atoms with Gasteiger partial charge in [-0.05, 0) is 40.2 Å². The Morgan fingerprint density at radius 3 is 2.05 bits per heavy atom. The topological polar surface area (TPSA) is 70.1 Å². The summed E-state index contributed by atoms with van der Waals surface area (Å²) in [5, 5.41) is 9.21. The van der Waals surface area contributed by atoms with Crippen LogP contribution in [0, 0.1) is 5.92 Å². The minimum absolute atomic E-state index is 0.0380. The van der Waals surface area contributed by atoms with E-state index in [1.54, 1.807) is 14.1 Å². The van der Waals surface area contributed by atoms with E-state index in [4.69, 9.17) is 4.74 Å². The Labute approximate surface area is 128 Å². The molecule has 0 saturated heterocycles. The van der Waals surface area contributed by atoms with Crippen LogP contribution in [0.1, 0.15) is 41.0 Å². The summed E-state index contributed by atoms with van der Waals surface area (Å²) < 4.78 is 5.26. The summed E-state index contributed by atoms with van der Waals surface area (Å²) in [6.45, 7) is 10.4. The van der Waals surface area contributed by atoms with Gasteiger partial charge in [-0.1, -0.05) is 13.8 Å². The highest BCUT2D eigenvalue weighted by atomic mass is 16.6. The van der Waals surface area contributed by atoms with Crippen molar-refractivity contribution in [1.82, 2.24) is 9.80 Å². The second kappa shape index (κ2) is 8.22. The lowest BCUT2D eigenvalue weighted by Gasteiger charge is -2.29. The number of carboxylic acid groups (broad SMARTS) is 1. The van der Waals surface area contributed by atoms with Gasteiger partial charge in [0.1, 0.15) is 11.6 Å². The van der Waals surface area contributed by atoms with E-state index in [-0.39, 0.29) is 12.0 Å². The molecule has 0 aromatic heterocycles. The van der Waals surface area contributed by atoms with Gasteiger partial charge in [-0.15, -0.1) is 0 Å². The number of rotatable bonds is 7. The van der Waals surface area contributed by atoms with Crippen LogP contribution in [0.15, 0.2) is 0 Å². The molecule has 6 heteroatoms. The van der Waals surface area contributed by atoms with Crippen LogP contribution < -0.4 is 0 Å². The first-order valence-electron chi connectivity index (χ1n) is 7.33. The highest BCUT2D eigenvalue weighted by Gasteiger charge is 2.26. The van der Waals surface area contributed by atoms with Crippen molar-refractivity contribution in [2.24, 2.45) is 5.92 Å². The van der Waals surface area contributed by atoms with Gasteiger partial charge in [-0.2, -0.15) is 0 Å². The van der Waals surface area contributed by atoms with Crippen LogP contribution in [0.4, 0.5) is 4.79 Å². The van der Waals surface area contributed by atoms with Crippen molar-refractivity contribution in [3.05, 3.63) is 0 Å². The number of carboxylic acids is 1. The quantitative estimate of drug-likeness (QED) is 0.781. The number of likely N-dealkylation sites (N-methyl/N-ethyl adjacent to an activating group) is 1. The summed E-state index contributed by atoms with van der Waals surface area (Å²) in [5.41, 5.74) is -0.506. The molecule has 0 aliphatic heterocycles. The largest absolute Gasteiger partial charge is 0.480 e. The number of amides is 1. The van der Waals surface area contributed by atoms with E-state index in [1.807, 2.05) is 39.5 Å². The second-order valence-corrected chi connectivity index (χ2v) is 6.76. The fraction of sp³-hybridized carbons (Fsp3) is 0.867. The lowest BCUT2D eigenvalue weighted by atomic mass is 10.0. The van der Waals surface area contributed by atoms with Gasteiger partial charge in [-0.3, -0.25) is 9.69 Å². The number of ether oxygens (including phenoxy) is 1. The molecule has 0 bridgehead atoms. The van der Waals surface area contributed by atoms with Crippen molar-refractivity contribution in [3.63, 3.8) is 0 Å². The molecular weight excluding hydrogens is 272 g/mol. The van der Waals surface area contributed by atoms with E-state index >= 15 is 0 Å². The van der Waals surface area contributed by atoms with Gasteiger partial charge in [0.2, 0.25) is 0 Å². The van der Waals surface area contributed by atoms with Gasteiger partial charge in [0.05, 0.1) is 0 Å². The standard InChI is InChI=1S/C15H30N2O4/c1-11(2)12(13(18)19)16(6)9-8-10-17(7)14(20)21-15(3,4)5/h11-12H,8-10H2,1-7H3,(H,18,19). The molecule has 1 N–H and O–H groups in total. The second-order valence-electron chi connectivity index (χ2n) is 6.76. The van der Waals surface area contributed by atoms with Crippen LogP contribution in [-0.2, 0) is 9.53 Å². The molecule has 0 rings (SSSR count). The Morgan fingerprint density at radius 1 is 1.14 bits per heavy atom. The first-order valence-corrected chi connectivity index (χ1v) is 7.33. The maximum atomic E-state index is 11.8. The van der Waals surface area contributed by atoms with Crippen molar-refractivity contribution < 1.29 is 19.4 Å². The summed E-state index contributed by atoms with van der Waals surface area (Å²) in [5.74, 6) is -0.774. The number of hydrogen-bond donors (Lipinski definition) is 1. The third-order valence-corrected chi connectivity index (χ3v) is 3.07. The predicted molar refractivity (Wildman–Crippen MR) is 82.4 cm³/mol. The molecule has 0 saturated carbocycles. The van der Waals surface area contributed by atoms with Gasteiger partial charge in [-0.25, -0.2) is 4.79 Å². The van der Waals surface area contributed by atoms with Crippen molar-refractivity contribution >= 4 is 12.1 Å². The number of nitrogens with zero attached hydrogens (tertiary/aromatic N) is 2. The molecule has 0 aliphatic rings. The molecule has 124 valence electrons. The Hall–Kier alpha value is -1.30. The van der Waals surface area contributed by atoms with Crippen LogP contribution in [-0.4, -0.2) is 65.8 Å². The highest BCUT2D eigenvalue weighted by Crippen LogP contribution is 2.11. The van der Waals surface area contributed by atoms with E-state index < -0.39 is 17.6 Å². The average Bonchev–Trinajstić information content (AvgIpc) is 2.25. The molecule has 0 aliphatic carbocycles. The number of carbonyl (C=O) groups is 2. The Morgan fingerprint density at radius 2 is 1.67 bits per heavy atom. The smallest absolute Gasteiger partial charge is 0.410 e. The summed E-state index contributed by atoms with van der Waals surface area (Å²) in [6.07, 6.45) is 0.340. The normalized spacial score (nSPS) is 13.4. The third-order valence-electron chi connectivity index (χ3n) is 3.07. The number of hydrogen-bond acceptors (Lipinski definition) is 4. The first-order chi connectivity index (χ1) is 9.45. The summed E-state index contributed by atoms with van der Waals surface area (Å²) in [4.78, 5) is 26.3. The highest BCUT2D eigenvalue weighted by molar-refractivity contribution is 5.73. The minimum atomic E-state index is -0.812. The zero-order chi connectivity index (χ0) is 16.8. The number of carbonyl (C=O) groups excluding carboxylic acids is 1. The van der Waals surface area contributed by atoms with Crippen molar-refractivity contribution in [3.8, 4) is 0 Å². The lowest BCUT2D eigenvalue weighted by Crippen LogP contribution is -2.43. The Kier molecular flexibility index (Phi) is 7.71. The zero-order valence-electron chi connectivity index (χ0n) is 14.3. The SMILES string of the molecule is CC(C)C(C(=O)O)N(C)CCCN(C)C(=O)OC(C)(C)C. The van der Waals surface area contributed by atoms with E-state index in [0.29, 0.717) is 19.5 Å². The Balaban J connectivity index is 4.24. The molecule has 21 heavy (non-hydrogen) atoms. The predicted octanol–water partition coefficient (Wildman–Crippen LogP) is 2.28. The molecule has 1 unspecified atom stereocenters. The molecule has 0 fully saturated rings. The fourth-order valence-electron chi connectivity index (χ4n) is 2.11. The van der Waals surface area contributed by atoms with E-state index in [1.165, 1.54) is 4.90 Å². The van der Waals surface area contributed by atoms with Gasteiger partial charge < -0.3 is 14.7 Å². The van der Waals surface area contributed by atoms with Crippen molar-refractivity contribution in [2.45, 2.75) is 52.7 Å². The Bertz CT molecular complexity index is 350. The van der Waals surface area contributed by atoms with Crippen molar-refractivity contribution in [2.75, 3.05) is 27.2 Å². The van der Waals surface area contributed by atoms with E-state index in [2.05, 4.69) is 0 Å². The van der Waals surface area contributed by atoms with Crippen LogP contribution in [0.5, 0.6) is 0 Å². The molecule has 0 aromatic rings. The molecule has 0 aromatic carbocycles. The molecule has 0 spiro atoms. The monoisotopic (exact) mass is 302 g/mol.